The van der Waals surface area contributed by atoms with Gasteiger partial charge in [-0.3, -0.25) is 24.1 Å². The van der Waals surface area contributed by atoms with Crippen LogP contribution < -0.4 is 62.6 Å². The van der Waals surface area contributed by atoms with Crippen LogP contribution in [0.15, 0.2) is 146 Å². The first kappa shape index (κ1) is 93.3. The molecular weight excluding hydrogens is 1650 g/mol. The van der Waals surface area contributed by atoms with E-state index in [1.165, 1.54) is 48.3 Å². The SMILES string of the molecule is CCC(CC)n1c(C(=O)N(C)C)cc2cnc(Nc3ccc(N4CCNCC4)cc3)nc21.CCCCNC(=O)c1cc2cnc(Nc3ccc(N4CCNCC4)cc3)nc2n1C(CC)CC.CN(C)C(=O)c1cc2cnc(Nc3ccc(CN4CCNCC4)cc3)nc2n1C1CCCC1.CN(C)C(=O)c1cc2cnc(Nc3ccc(N4CCNCC4)cc3)nc2n1C1CCCC1. The van der Waals surface area contributed by atoms with Crippen LogP contribution in [0.5, 0.6) is 0 Å². The molecule has 9 N–H and O–H groups in total. The van der Waals surface area contributed by atoms with Crippen LogP contribution in [-0.4, -0.2) is 255 Å². The molecule has 0 unspecified atom stereocenters. The number of anilines is 11. The van der Waals surface area contributed by atoms with E-state index in [1.54, 1.807) is 63.2 Å². The zero-order valence-electron chi connectivity index (χ0n) is 78.4. The number of nitrogens with one attached hydrogen (secondary N) is 9. The number of fused-ring (bicyclic) bond motifs is 4. The number of unbranched alkanes of at least 4 members (excludes halogenated alkanes) is 1. The van der Waals surface area contributed by atoms with Crippen LogP contribution in [0.4, 0.5) is 63.6 Å². The van der Waals surface area contributed by atoms with Gasteiger partial charge in [0.1, 0.15) is 45.4 Å². The van der Waals surface area contributed by atoms with Gasteiger partial charge in [-0.1, -0.05) is 78.9 Å². The first-order chi connectivity index (χ1) is 63.8. The molecule has 0 atom stereocenters. The second-order valence-electron chi connectivity index (χ2n) is 35.6. The van der Waals surface area contributed by atoms with Gasteiger partial charge in [-0.2, -0.15) is 19.9 Å². The zero-order chi connectivity index (χ0) is 91.4. The van der Waals surface area contributed by atoms with Crippen LogP contribution in [0.3, 0.4) is 0 Å². The van der Waals surface area contributed by atoms with E-state index in [0.29, 0.717) is 65.2 Å². The highest BCUT2D eigenvalue weighted by molar-refractivity contribution is 6.01. The summed E-state index contributed by atoms with van der Waals surface area (Å²) < 4.78 is 8.47. The summed E-state index contributed by atoms with van der Waals surface area (Å²) in [6.07, 6.45) is 22.1. The van der Waals surface area contributed by atoms with E-state index in [-0.39, 0.29) is 35.7 Å². The molecular formula is C99H134N28O4. The second-order valence-corrected chi connectivity index (χ2v) is 35.6. The fourth-order valence-corrected chi connectivity index (χ4v) is 18.6. The molecule has 8 aromatic heterocycles. The number of nitrogens with zero attached hydrogens (tertiary/aromatic N) is 19. The van der Waals surface area contributed by atoms with E-state index in [1.807, 2.05) is 42.9 Å². The molecule has 4 saturated heterocycles. The van der Waals surface area contributed by atoms with Gasteiger partial charge in [-0.15, -0.1) is 0 Å². The summed E-state index contributed by atoms with van der Waals surface area (Å²) in [5.74, 6) is 2.12. The van der Waals surface area contributed by atoms with Crippen molar-refractivity contribution in [3.05, 3.63) is 174 Å². The third-order valence-corrected chi connectivity index (χ3v) is 25.9. The number of aromatic nitrogens is 12. The third kappa shape index (κ3) is 22.8. The zero-order valence-corrected chi connectivity index (χ0v) is 78.4. The van der Waals surface area contributed by atoms with Crippen molar-refractivity contribution in [1.82, 2.24) is 104 Å². The van der Waals surface area contributed by atoms with E-state index < -0.39 is 0 Å². The number of carbonyl (C=O) groups excluding carboxylic acids is 4. The van der Waals surface area contributed by atoms with Crippen molar-refractivity contribution in [3.8, 4) is 0 Å². The maximum absolute atomic E-state index is 13.0. The molecule has 0 radical (unpaired) electrons. The maximum atomic E-state index is 13.0. The van der Waals surface area contributed by atoms with Crippen LogP contribution in [0.25, 0.3) is 44.1 Å². The average Bonchev–Trinajstić information content (AvgIpc) is 1.63. The Morgan fingerprint density at radius 3 is 1.02 bits per heavy atom. The lowest BCUT2D eigenvalue weighted by molar-refractivity contribution is 0.0808. The Morgan fingerprint density at radius 2 is 0.679 bits per heavy atom. The fraction of sp³-hybridized carbons (Fsp3) is 0.475. The van der Waals surface area contributed by atoms with Gasteiger partial charge in [0.15, 0.2) is 0 Å². The molecule has 4 aromatic carbocycles. The summed E-state index contributed by atoms with van der Waals surface area (Å²) >= 11 is 0. The Labute approximate surface area is 769 Å². The van der Waals surface area contributed by atoms with Crippen molar-refractivity contribution < 1.29 is 19.2 Å². The predicted octanol–water partition coefficient (Wildman–Crippen LogP) is 14.9. The number of piperazine rings is 4. The minimum Gasteiger partial charge on any atom is -0.369 e. The van der Waals surface area contributed by atoms with E-state index in [9.17, 15) is 19.2 Å². The van der Waals surface area contributed by atoms with Crippen LogP contribution >= 0.6 is 0 Å². The highest BCUT2D eigenvalue weighted by Gasteiger charge is 2.31. The molecule has 0 spiro atoms. The van der Waals surface area contributed by atoms with E-state index in [0.717, 1.165) is 242 Å². The molecule has 32 heteroatoms. The standard InChI is InChI=1S/C26H37N7O.C25H33N7O.C24H31N7O.C24H33N7O/c1-4-7-12-28-25(34)23-17-19-18-29-26(31-24(19)33(23)21(5-2)6-3)30-20-8-10-22(11-9-20)32-15-13-27-14-16-32;1-30(2)24(33)22-15-19-16-27-25(29-23(19)32(22)21-5-3-4-6-21)28-20-9-7-18(8-10-20)17-31-13-11-26-12-14-31;1-29(2)23(32)21-15-17-16-26-24(28-22(17)31(21)20-5-3-4-6-20)27-18-7-9-19(10-8-18)30-13-11-25-12-14-30;1-5-19(6-2)31-21(23(32)29(3)4)15-17-16-26-24(28-22(17)31)27-18-7-9-20(10-8-18)30-13-11-25-12-14-30/h8-11,17-18,21,27H,4-7,12-16H2,1-3H3,(H,28,34)(H,29,30,31);7-10,15-16,21,26H,3-6,11-14,17H2,1-2H3,(H,27,28,29);7-10,15-16,20,25H,3-6,11-14H2,1-2H3,(H,26,27,28);7-10,15-16,19,25H,5-6,11-14H2,1-4H3,(H,26,27,28). The molecule has 131 heavy (non-hydrogen) atoms. The largest absolute Gasteiger partial charge is 0.369 e. The van der Waals surface area contributed by atoms with Crippen molar-refractivity contribution >= 4 is 131 Å². The van der Waals surface area contributed by atoms with Gasteiger partial charge < -0.3 is 95.5 Å². The van der Waals surface area contributed by atoms with Crippen LogP contribution in [0.1, 0.15) is 196 Å². The van der Waals surface area contributed by atoms with Gasteiger partial charge in [0.2, 0.25) is 23.8 Å². The normalized spacial score (nSPS) is 15.7. The molecule has 32 nitrogen and oxygen atoms in total. The van der Waals surface area contributed by atoms with Gasteiger partial charge in [-0.05, 0) is 173 Å². The lowest BCUT2D eigenvalue weighted by atomic mass is 10.1. The molecule has 694 valence electrons. The summed E-state index contributed by atoms with van der Waals surface area (Å²) in [7, 11) is 10.7. The first-order valence-corrected chi connectivity index (χ1v) is 47.6. The Morgan fingerprint density at radius 1 is 0.382 bits per heavy atom. The van der Waals surface area contributed by atoms with Crippen LogP contribution in [0, 0.1) is 0 Å². The van der Waals surface area contributed by atoms with Gasteiger partial charge >= 0.3 is 0 Å². The lowest BCUT2D eigenvalue weighted by Gasteiger charge is -2.29. The monoisotopic (exact) mass is 1780 g/mol. The Bertz CT molecular complexity index is 5600. The molecule has 12 heterocycles. The van der Waals surface area contributed by atoms with Gasteiger partial charge in [0.25, 0.3) is 23.6 Å². The molecule has 2 saturated carbocycles. The van der Waals surface area contributed by atoms with Crippen LogP contribution in [-0.2, 0) is 6.54 Å². The maximum Gasteiger partial charge on any atom is 0.270 e. The average molecular weight is 1780 g/mol. The predicted molar refractivity (Wildman–Crippen MR) is 528 cm³/mol. The Kier molecular flexibility index (Phi) is 31.7. The number of rotatable bonds is 28. The van der Waals surface area contributed by atoms with Crippen molar-refractivity contribution in [2.75, 3.05) is 190 Å². The smallest absolute Gasteiger partial charge is 0.270 e. The number of hydrogen-bond donors (Lipinski definition) is 9. The van der Waals surface area contributed by atoms with Gasteiger partial charge in [0.05, 0.1) is 0 Å². The highest BCUT2D eigenvalue weighted by Crippen LogP contribution is 2.39. The molecule has 12 aromatic rings. The Hall–Kier alpha value is -12.4. The molecule has 6 aliphatic rings. The summed E-state index contributed by atoms with van der Waals surface area (Å²) in [4.78, 5) is 103. The van der Waals surface area contributed by atoms with Crippen molar-refractivity contribution in [2.24, 2.45) is 0 Å². The molecule has 0 bridgehead atoms. The fourth-order valence-electron chi connectivity index (χ4n) is 18.6. The lowest BCUT2D eigenvalue weighted by Crippen LogP contribution is -2.43. The van der Waals surface area contributed by atoms with Gasteiger partial charge in [0, 0.05) is 270 Å². The number of benzene rings is 4. The minimum atomic E-state index is -0.0450. The molecule has 4 aliphatic heterocycles. The van der Waals surface area contributed by atoms with E-state index >= 15 is 0 Å². The van der Waals surface area contributed by atoms with Crippen molar-refractivity contribution in [2.45, 2.75) is 155 Å². The summed E-state index contributed by atoms with van der Waals surface area (Å²) in [5, 5.41) is 33.5. The number of hydrogen-bond acceptors (Lipinski definition) is 24. The Balaban J connectivity index is 0.000000134. The second kappa shape index (κ2) is 44.5. The first-order valence-electron chi connectivity index (χ1n) is 47.6. The van der Waals surface area contributed by atoms with E-state index in [4.69, 9.17) is 19.9 Å². The third-order valence-electron chi connectivity index (χ3n) is 25.9. The molecule has 4 amide bonds. The van der Waals surface area contributed by atoms with Crippen molar-refractivity contribution in [3.63, 3.8) is 0 Å². The van der Waals surface area contributed by atoms with E-state index in [2.05, 4.69) is 237 Å². The summed E-state index contributed by atoms with van der Waals surface area (Å²) in [6, 6.07) is 42.4. The summed E-state index contributed by atoms with van der Waals surface area (Å²) in [6.45, 7) is 28.9. The topological polar surface area (TPSA) is 322 Å². The van der Waals surface area contributed by atoms with Gasteiger partial charge in [-0.25, -0.2) is 19.9 Å². The highest BCUT2D eigenvalue weighted by atomic mass is 16.2. The quantitative estimate of drug-likeness (QED) is 0.0206. The number of carbonyl (C=O) groups is 4. The molecule has 2 aliphatic carbocycles. The summed E-state index contributed by atoms with van der Waals surface area (Å²) in [5.41, 5.74) is 14.7. The minimum absolute atomic E-state index is 0.00732. The molecule has 18 rings (SSSR count). The van der Waals surface area contributed by atoms with Crippen molar-refractivity contribution in [1.29, 1.82) is 0 Å². The van der Waals surface area contributed by atoms with Crippen LogP contribution in [0.2, 0.25) is 0 Å². The number of amides is 4. The molecule has 6 fully saturated rings.